The van der Waals surface area contributed by atoms with Gasteiger partial charge in [-0.05, 0) is 30.9 Å². The van der Waals surface area contributed by atoms with Crippen molar-refractivity contribution in [3.63, 3.8) is 0 Å². The number of benzene rings is 1. The van der Waals surface area contributed by atoms with Crippen molar-refractivity contribution in [1.82, 2.24) is 14.8 Å². The van der Waals surface area contributed by atoms with Crippen molar-refractivity contribution >= 4 is 0 Å². The molecule has 1 saturated carbocycles. The maximum Gasteiger partial charge on any atom is 0.181 e. The van der Waals surface area contributed by atoms with E-state index in [-0.39, 0.29) is 0 Å². The van der Waals surface area contributed by atoms with E-state index in [0.717, 1.165) is 29.7 Å². The lowest BCUT2D eigenvalue weighted by Gasteiger charge is -2.11. The molecule has 0 spiro atoms. The molecule has 19 heavy (non-hydrogen) atoms. The van der Waals surface area contributed by atoms with Crippen LogP contribution in [0.4, 0.5) is 0 Å². The molecule has 0 bridgehead atoms. The first-order valence-corrected chi connectivity index (χ1v) is 6.90. The SMILES string of the molecule is Cn1cnc(-c2cccc(OCC3CCCC3)c2)n1. The van der Waals surface area contributed by atoms with Crippen molar-refractivity contribution in [1.29, 1.82) is 0 Å². The molecule has 0 unspecified atom stereocenters. The highest BCUT2D eigenvalue weighted by atomic mass is 16.5. The minimum absolute atomic E-state index is 0.733. The molecule has 1 aromatic carbocycles. The van der Waals surface area contributed by atoms with E-state index >= 15 is 0 Å². The molecule has 1 fully saturated rings. The molecule has 4 heteroatoms. The normalized spacial score (nSPS) is 15.8. The van der Waals surface area contributed by atoms with Crippen molar-refractivity contribution in [3.8, 4) is 17.1 Å². The van der Waals surface area contributed by atoms with Gasteiger partial charge in [-0.2, -0.15) is 5.10 Å². The maximum atomic E-state index is 5.90. The summed E-state index contributed by atoms with van der Waals surface area (Å²) in [4.78, 5) is 4.26. The Morgan fingerprint density at radius 1 is 1.32 bits per heavy atom. The Hall–Kier alpha value is -1.84. The minimum atomic E-state index is 0.733. The Bertz CT molecular complexity index is 544. The third-order valence-corrected chi connectivity index (χ3v) is 3.65. The summed E-state index contributed by atoms with van der Waals surface area (Å²) in [6.07, 6.45) is 7.03. The van der Waals surface area contributed by atoms with Crippen LogP contribution in [0.15, 0.2) is 30.6 Å². The van der Waals surface area contributed by atoms with Crippen molar-refractivity contribution in [2.24, 2.45) is 13.0 Å². The van der Waals surface area contributed by atoms with Gasteiger partial charge in [-0.25, -0.2) is 4.98 Å². The summed E-state index contributed by atoms with van der Waals surface area (Å²) in [5.74, 6) is 2.39. The summed E-state index contributed by atoms with van der Waals surface area (Å²) in [5.41, 5.74) is 1.00. The molecule has 2 aromatic rings. The molecule has 100 valence electrons. The molecule has 0 N–H and O–H groups in total. The van der Waals surface area contributed by atoms with Crippen LogP contribution in [-0.2, 0) is 7.05 Å². The molecular weight excluding hydrogens is 238 g/mol. The van der Waals surface area contributed by atoms with Crippen LogP contribution >= 0.6 is 0 Å². The number of hydrogen-bond acceptors (Lipinski definition) is 3. The molecule has 0 radical (unpaired) electrons. The highest BCUT2D eigenvalue weighted by Crippen LogP contribution is 2.26. The molecule has 1 aromatic heterocycles. The number of aryl methyl sites for hydroxylation is 1. The van der Waals surface area contributed by atoms with E-state index in [2.05, 4.69) is 10.1 Å². The van der Waals surface area contributed by atoms with E-state index < -0.39 is 0 Å². The molecule has 0 saturated heterocycles. The minimum Gasteiger partial charge on any atom is -0.493 e. The number of ether oxygens (including phenoxy) is 1. The second-order valence-corrected chi connectivity index (χ2v) is 5.23. The quantitative estimate of drug-likeness (QED) is 0.845. The van der Waals surface area contributed by atoms with Crippen LogP contribution in [0.5, 0.6) is 5.75 Å². The predicted octanol–water partition coefficient (Wildman–Crippen LogP) is 3.05. The van der Waals surface area contributed by atoms with Crippen LogP contribution in [0, 0.1) is 5.92 Å². The molecule has 0 atom stereocenters. The fourth-order valence-corrected chi connectivity index (χ4v) is 2.59. The zero-order valence-electron chi connectivity index (χ0n) is 11.2. The van der Waals surface area contributed by atoms with Gasteiger partial charge < -0.3 is 4.74 Å². The molecule has 4 nitrogen and oxygen atoms in total. The van der Waals surface area contributed by atoms with Gasteiger partial charge in [0, 0.05) is 12.6 Å². The number of aromatic nitrogens is 3. The van der Waals surface area contributed by atoms with Gasteiger partial charge in [-0.3, -0.25) is 4.68 Å². The average Bonchev–Trinajstić information content (AvgIpc) is 3.08. The largest absolute Gasteiger partial charge is 0.493 e. The molecule has 1 aliphatic rings. The van der Waals surface area contributed by atoms with E-state index in [1.165, 1.54) is 25.7 Å². The van der Waals surface area contributed by atoms with Crippen molar-refractivity contribution in [3.05, 3.63) is 30.6 Å². The monoisotopic (exact) mass is 257 g/mol. The molecular formula is C15H19N3O. The van der Waals surface area contributed by atoms with E-state index in [9.17, 15) is 0 Å². The first-order valence-electron chi connectivity index (χ1n) is 6.90. The van der Waals surface area contributed by atoms with Gasteiger partial charge in [0.15, 0.2) is 5.82 Å². The summed E-state index contributed by atoms with van der Waals surface area (Å²) in [7, 11) is 1.87. The second-order valence-electron chi connectivity index (χ2n) is 5.23. The van der Waals surface area contributed by atoms with Gasteiger partial charge in [0.1, 0.15) is 12.1 Å². The van der Waals surface area contributed by atoms with E-state index in [4.69, 9.17) is 4.74 Å². The van der Waals surface area contributed by atoms with E-state index in [0.29, 0.717) is 0 Å². The van der Waals surface area contributed by atoms with Gasteiger partial charge in [0.2, 0.25) is 0 Å². The zero-order chi connectivity index (χ0) is 13.1. The number of nitrogens with zero attached hydrogens (tertiary/aromatic N) is 3. The Morgan fingerprint density at radius 2 is 2.16 bits per heavy atom. The fourth-order valence-electron chi connectivity index (χ4n) is 2.59. The molecule has 0 amide bonds. The summed E-state index contributed by atoms with van der Waals surface area (Å²) < 4.78 is 7.61. The molecule has 1 heterocycles. The first-order chi connectivity index (χ1) is 9.31. The molecule has 1 aliphatic carbocycles. The maximum absolute atomic E-state index is 5.90. The van der Waals surface area contributed by atoms with Crippen molar-refractivity contribution in [2.45, 2.75) is 25.7 Å². The lowest BCUT2D eigenvalue weighted by Crippen LogP contribution is -2.07. The van der Waals surface area contributed by atoms with Crippen LogP contribution in [0.2, 0.25) is 0 Å². The van der Waals surface area contributed by atoms with Gasteiger partial charge in [-0.15, -0.1) is 0 Å². The topological polar surface area (TPSA) is 39.9 Å². The Labute approximate surface area is 113 Å². The van der Waals surface area contributed by atoms with Crippen LogP contribution in [0.3, 0.4) is 0 Å². The van der Waals surface area contributed by atoms with Crippen LogP contribution in [-0.4, -0.2) is 21.4 Å². The van der Waals surface area contributed by atoms with Crippen LogP contribution in [0.1, 0.15) is 25.7 Å². The van der Waals surface area contributed by atoms with Gasteiger partial charge in [0.25, 0.3) is 0 Å². The Kier molecular flexibility index (Phi) is 3.49. The summed E-state index contributed by atoms with van der Waals surface area (Å²) >= 11 is 0. The van der Waals surface area contributed by atoms with Crippen molar-refractivity contribution in [2.75, 3.05) is 6.61 Å². The summed E-state index contributed by atoms with van der Waals surface area (Å²) in [6.45, 7) is 0.832. The lowest BCUT2D eigenvalue weighted by molar-refractivity contribution is 0.252. The van der Waals surface area contributed by atoms with Crippen LogP contribution < -0.4 is 4.74 Å². The lowest BCUT2D eigenvalue weighted by atomic mass is 10.1. The Balaban J connectivity index is 1.69. The third kappa shape index (κ3) is 2.95. The summed E-state index contributed by atoms with van der Waals surface area (Å²) in [6, 6.07) is 8.03. The zero-order valence-corrected chi connectivity index (χ0v) is 11.2. The highest BCUT2D eigenvalue weighted by Gasteiger charge is 2.15. The fraction of sp³-hybridized carbons (Fsp3) is 0.467. The van der Waals surface area contributed by atoms with Crippen molar-refractivity contribution < 1.29 is 4.74 Å². The molecule has 0 aliphatic heterocycles. The second kappa shape index (κ2) is 5.43. The standard InChI is InChI=1S/C15H19N3O/c1-18-11-16-15(17-18)13-7-4-8-14(9-13)19-10-12-5-2-3-6-12/h4,7-9,11-12H,2-3,5-6,10H2,1H3. The first kappa shape index (κ1) is 12.2. The third-order valence-electron chi connectivity index (χ3n) is 3.65. The molecule has 3 rings (SSSR count). The number of hydrogen-bond donors (Lipinski definition) is 0. The van der Waals surface area contributed by atoms with E-state index in [1.807, 2.05) is 31.3 Å². The average molecular weight is 257 g/mol. The Morgan fingerprint density at radius 3 is 2.89 bits per heavy atom. The highest BCUT2D eigenvalue weighted by molar-refractivity contribution is 5.56. The van der Waals surface area contributed by atoms with Crippen LogP contribution in [0.25, 0.3) is 11.4 Å². The number of rotatable bonds is 4. The summed E-state index contributed by atoms with van der Waals surface area (Å²) in [5, 5.41) is 4.31. The predicted molar refractivity (Wildman–Crippen MR) is 73.9 cm³/mol. The van der Waals surface area contributed by atoms with E-state index in [1.54, 1.807) is 11.0 Å². The van der Waals surface area contributed by atoms with Gasteiger partial charge >= 0.3 is 0 Å². The smallest absolute Gasteiger partial charge is 0.181 e. The van der Waals surface area contributed by atoms with Gasteiger partial charge in [-0.1, -0.05) is 25.0 Å². The van der Waals surface area contributed by atoms with Gasteiger partial charge in [0.05, 0.1) is 6.61 Å².